The van der Waals surface area contributed by atoms with Gasteiger partial charge in [-0.3, -0.25) is 0 Å². The minimum atomic E-state index is -0.0841. The molecule has 0 saturated heterocycles. The van der Waals surface area contributed by atoms with Crippen molar-refractivity contribution in [2.45, 2.75) is 31.9 Å². The molecule has 0 amide bonds. The number of rotatable bonds is 3. The summed E-state index contributed by atoms with van der Waals surface area (Å²) in [6.45, 7) is 2.71. The van der Waals surface area contributed by atoms with Crippen molar-refractivity contribution < 1.29 is 5.11 Å². The summed E-state index contributed by atoms with van der Waals surface area (Å²) in [5, 5.41) is 20.5. The highest BCUT2D eigenvalue weighted by Gasteiger charge is 2.26. The van der Waals surface area contributed by atoms with E-state index >= 15 is 0 Å². The van der Waals surface area contributed by atoms with Crippen molar-refractivity contribution in [2.24, 2.45) is 5.92 Å². The Morgan fingerprint density at radius 2 is 2.36 bits per heavy atom. The number of nitrogens with one attached hydrogen (secondary N) is 1. The van der Waals surface area contributed by atoms with Crippen LogP contribution in [-0.2, 0) is 0 Å². The van der Waals surface area contributed by atoms with E-state index < -0.39 is 0 Å². The van der Waals surface area contributed by atoms with Crippen LogP contribution in [0.1, 0.15) is 19.8 Å². The summed E-state index contributed by atoms with van der Waals surface area (Å²) < 4.78 is 0. The topological polar surface area (TPSA) is 56.0 Å². The van der Waals surface area contributed by atoms with Gasteiger partial charge in [0.25, 0.3) is 0 Å². The van der Waals surface area contributed by atoms with Gasteiger partial charge in [-0.2, -0.15) is 5.26 Å². The van der Waals surface area contributed by atoms with Crippen molar-refractivity contribution in [2.75, 3.05) is 6.54 Å². The lowest BCUT2D eigenvalue weighted by molar-refractivity contribution is 0.0427. The van der Waals surface area contributed by atoms with Crippen molar-refractivity contribution in [3.63, 3.8) is 0 Å². The molecule has 11 heavy (non-hydrogen) atoms. The van der Waals surface area contributed by atoms with E-state index in [-0.39, 0.29) is 12.1 Å². The van der Waals surface area contributed by atoms with Crippen molar-refractivity contribution in [3.8, 4) is 6.07 Å². The monoisotopic (exact) mass is 154 g/mol. The summed E-state index contributed by atoms with van der Waals surface area (Å²) in [4.78, 5) is 0. The molecule has 0 aliphatic heterocycles. The van der Waals surface area contributed by atoms with Crippen LogP contribution in [0.25, 0.3) is 0 Å². The Labute approximate surface area is 67.0 Å². The molecule has 0 radical (unpaired) electrons. The van der Waals surface area contributed by atoms with Gasteiger partial charge in [-0.05, 0) is 32.2 Å². The van der Waals surface area contributed by atoms with Crippen LogP contribution in [0.5, 0.6) is 0 Å². The fourth-order valence-corrected chi connectivity index (χ4v) is 1.26. The van der Waals surface area contributed by atoms with Gasteiger partial charge in [0, 0.05) is 0 Å². The van der Waals surface area contributed by atoms with E-state index in [9.17, 15) is 0 Å². The largest absolute Gasteiger partial charge is 0.393 e. The molecule has 2 N–H and O–H groups in total. The first-order chi connectivity index (χ1) is 5.22. The smallest absolute Gasteiger partial charge is 0.0924 e. The molecule has 1 unspecified atom stereocenters. The second kappa shape index (κ2) is 3.70. The molecule has 0 aromatic heterocycles. The summed E-state index contributed by atoms with van der Waals surface area (Å²) >= 11 is 0. The third-order valence-electron chi connectivity index (χ3n) is 2.12. The lowest BCUT2D eigenvalue weighted by Crippen LogP contribution is -2.38. The molecule has 1 saturated carbocycles. The molecule has 1 rings (SSSR count). The van der Waals surface area contributed by atoms with Gasteiger partial charge < -0.3 is 10.4 Å². The van der Waals surface area contributed by atoms with Gasteiger partial charge in [-0.15, -0.1) is 0 Å². The summed E-state index contributed by atoms with van der Waals surface area (Å²) in [5.74, 6) is 0.584. The van der Waals surface area contributed by atoms with Crippen molar-refractivity contribution in [1.29, 1.82) is 5.26 Å². The number of nitriles is 1. The van der Waals surface area contributed by atoms with Crippen LogP contribution >= 0.6 is 0 Å². The lowest BCUT2D eigenvalue weighted by atomic mass is 9.82. The Kier molecular flexibility index (Phi) is 2.86. The number of hydrogen-bond acceptors (Lipinski definition) is 3. The van der Waals surface area contributed by atoms with E-state index in [0.29, 0.717) is 5.92 Å². The van der Waals surface area contributed by atoms with E-state index in [0.717, 1.165) is 19.4 Å². The average molecular weight is 154 g/mol. The SMILES string of the molecule is CC(C#N)NCC1CC(O)C1. The van der Waals surface area contributed by atoms with Crippen LogP contribution in [0.3, 0.4) is 0 Å². The zero-order valence-electron chi connectivity index (χ0n) is 6.75. The Bertz CT molecular complexity index is 158. The summed E-state index contributed by atoms with van der Waals surface area (Å²) in [6, 6.07) is 2.04. The molecular formula is C8H14N2O. The first kappa shape index (κ1) is 8.51. The van der Waals surface area contributed by atoms with Gasteiger partial charge in [0.1, 0.15) is 0 Å². The molecule has 0 heterocycles. The molecule has 0 aromatic rings. The molecule has 0 aromatic carbocycles. The maximum absolute atomic E-state index is 8.95. The highest BCUT2D eigenvalue weighted by molar-refractivity contribution is 4.88. The molecule has 3 heteroatoms. The fourth-order valence-electron chi connectivity index (χ4n) is 1.26. The molecule has 0 bridgehead atoms. The highest BCUT2D eigenvalue weighted by Crippen LogP contribution is 2.26. The Morgan fingerprint density at radius 1 is 1.73 bits per heavy atom. The minimum Gasteiger partial charge on any atom is -0.393 e. The predicted molar refractivity (Wildman–Crippen MR) is 41.8 cm³/mol. The molecule has 1 atom stereocenters. The van der Waals surface area contributed by atoms with E-state index in [4.69, 9.17) is 10.4 Å². The zero-order valence-corrected chi connectivity index (χ0v) is 6.75. The molecule has 62 valence electrons. The quantitative estimate of drug-likeness (QED) is 0.613. The van der Waals surface area contributed by atoms with Crippen LogP contribution in [-0.4, -0.2) is 23.8 Å². The average Bonchev–Trinajstić information content (AvgIpc) is 1.95. The number of aliphatic hydroxyl groups excluding tert-OH is 1. The molecule has 1 aliphatic carbocycles. The standard InChI is InChI=1S/C8H14N2O/c1-6(4-9)10-5-7-2-8(11)3-7/h6-8,10-11H,2-3,5H2,1H3. The third kappa shape index (κ3) is 2.49. The Morgan fingerprint density at radius 3 is 2.82 bits per heavy atom. The normalized spacial score (nSPS) is 32.1. The minimum absolute atomic E-state index is 0.0623. The fraction of sp³-hybridized carbons (Fsp3) is 0.875. The van der Waals surface area contributed by atoms with Crippen molar-refractivity contribution in [3.05, 3.63) is 0 Å². The van der Waals surface area contributed by atoms with Gasteiger partial charge in [0.15, 0.2) is 0 Å². The second-order valence-corrected chi connectivity index (χ2v) is 3.25. The van der Waals surface area contributed by atoms with E-state index in [1.807, 2.05) is 6.92 Å². The lowest BCUT2D eigenvalue weighted by Gasteiger charge is -2.31. The van der Waals surface area contributed by atoms with Crippen molar-refractivity contribution in [1.82, 2.24) is 5.32 Å². The van der Waals surface area contributed by atoms with Gasteiger partial charge in [-0.1, -0.05) is 0 Å². The van der Waals surface area contributed by atoms with Crippen molar-refractivity contribution >= 4 is 0 Å². The summed E-state index contributed by atoms with van der Waals surface area (Å²) in [7, 11) is 0. The van der Waals surface area contributed by atoms with Gasteiger partial charge in [0.2, 0.25) is 0 Å². The zero-order chi connectivity index (χ0) is 8.27. The second-order valence-electron chi connectivity index (χ2n) is 3.25. The first-order valence-corrected chi connectivity index (χ1v) is 4.03. The number of nitrogens with zero attached hydrogens (tertiary/aromatic N) is 1. The van der Waals surface area contributed by atoms with Gasteiger partial charge >= 0.3 is 0 Å². The summed E-state index contributed by atoms with van der Waals surface area (Å²) in [5.41, 5.74) is 0. The number of hydrogen-bond donors (Lipinski definition) is 2. The molecule has 1 fully saturated rings. The maximum Gasteiger partial charge on any atom is 0.0924 e. The van der Waals surface area contributed by atoms with Crippen LogP contribution in [0, 0.1) is 17.2 Å². The molecule has 0 spiro atoms. The molecule has 3 nitrogen and oxygen atoms in total. The van der Waals surface area contributed by atoms with Gasteiger partial charge in [-0.25, -0.2) is 0 Å². The third-order valence-corrected chi connectivity index (χ3v) is 2.12. The molecule has 1 aliphatic rings. The maximum atomic E-state index is 8.95. The predicted octanol–water partition coefficient (Wildman–Crippen LogP) is 0.259. The van der Waals surface area contributed by atoms with Crippen LogP contribution in [0.2, 0.25) is 0 Å². The first-order valence-electron chi connectivity index (χ1n) is 4.03. The number of aliphatic hydroxyl groups is 1. The molecular weight excluding hydrogens is 140 g/mol. The van der Waals surface area contributed by atoms with Gasteiger partial charge in [0.05, 0.1) is 18.2 Å². The Hall–Kier alpha value is -0.590. The summed E-state index contributed by atoms with van der Waals surface area (Å²) in [6.07, 6.45) is 1.70. The van der Waals surface area contributed by atoms with E-state index in [1.54, 1.807) is 0 Å². The van der Waals surface area contributed by atoms with E-state index in [1.165, 1.54) is 0 Å². The van der Waals surface area contributed by atoms with E-state index in [2.05, 4.69) is 11.4 Å². The van der Waals surface area contributed by atoms with Crippen LogP contribution in [0.4, 0.5) is 0 Å². The Balaban J connectivity index is 2.01. The van der Waals surface area contributed by atoms with Crippen LogP contribution < -0.4 is 5.32 Å². The van der Waals surface area contributed by atoms with Crippen LogP contribution in [0.15, 0.2) is 0 Å². The highest BCUT2D eigenvalue weighted by atomic mass is 16.3.